The van der Waals surface area contributed by atoms with E-state index in [1.165, 1.54) is 0 Å². The molecule has 2 rings (SSSR count). The summed E-state index contributed by atoms with van der Waals surface area (Å²) < 4.78 is 0. The molecule has 0 aromatic rings. The molecule has 2 amide bonds. The predicted octanol–water partition coefficient (Wildman–Crippen LogP) is -0.478. The number of hydrogen-bond donors (Lipinski definition) is 3. The minimum Gasteiger partial charge on any atom is -0.352 e. The zero-order chi connectivity index (χ0) is 11.5. The Morgan fingerprint density at radius 1 is 1.50 bits per heavy atom. The Morgan fingerprint density at radius 3 is 2.81 bits per heavy atom. The first-order chi connectivity index (χ1) is 7.65. The zero-order valence-electron chi connectivity index (χ0n) is 9.58. The Morgan fingerprint density at radius 2 is 2.25 bits per heavy atom. The van der Waals surface area contributed by atoms with Crippen LogP contribution >= 0.6 is 0 Å². The molecule has 2 aliphatic rings. The third kappa shape index (κ3) is 3.20. The molecule has 5 nitrogen and oxygen atoms in total. The molecule has 1 aliphatic carbocycles. The number of carbonyl (C=O) groups excluding carboxylic acids is 2. The second-order valence-electron chi connectivity index (χ2n) is 4.72. The van der Waals surface area contributed by atoms with Gasteiger partial charge in [0.05, 0.1) is 6.04 Å². The van der Waals surface area contributed by atoms with Gasteiger partial charge in [-0.2, -0.15) is 0 Å². The Hall–Kier alpha value is -1.10. The maximum absolute atomic E-state index is 11.6. The highest BCUT2D eigenvalue weighted by molar-refractivity contribution is 5.82. The molecule has 16 heavy (non-hydrogen) atoms. The number of carbonyl (C=O) groups is 2. The molecule has 0 spiro atoms. The van der Waals surface area contributed by atoms with Crippen molar-refractivity contribution in [2.75, 3.05) is 6.54 Å². The van der Waals surface area contributed by atoms with Gasteiger partial charge in [0, 0.05) is 25.0 Å². The lowest BCUT2D eigenvalue weighted by Gasteiger charge is -2.16. The van der Waals surface area contributed by atoms with Crippen molar-refractivity contribution in [1.29, 1.82) is 0 Å². The molecule has 1 saturated carbocycles. The fraction of sp³-hybridized carbons (Fsp3) is 0.818. The molecule has 2 unspecified atom stereocenters. The van der Waals surface area contributed by atoms with E-state index in [-0.39, 0.29) is 23.9 Å². The van der Waals surface area contributed by atoms with Gasteiger partial charge < -0.3 is 16.0 Å². The molecule has 3 N–H and O–H groups in total. The molecule has 2 fully saturated rings. The van der Waals surface area contributed by atoms with Crippen molar-refractivity contribution in [3.8, 4) is 0 Å². The monoisotopic (exact) mass is 225 g/mol. The van der Waals surface area contributed by atoms with Gasteiger partial charge in [0.2, 0.25) is 11.8 Å². The smallest absolute Gasteiger partial charge is 0.237 e. The van der Waals surface area contributed by atoms with Crippen molar-refractivity contribution < 1.29 is 9.59 Å². The predicted molar refractivity (Wildman–Crippen MR) is 59.8 cm³/mol. The molecular weight excluding hydrogens is 206 g/mol. The summed E-state index contributed by atoms with van der Waals surface area (Å²) in [5.74, 6) is 0.175. The normalized spacial score (nSPS) is 26.3. The van der Waals surface area contributed by atoms with E-state index < -0.39 is 0 Å². The van der Waals surface area contributed by atoms with Crippen LogP contribution in [0.3, 0.4) is 0 Å². The average molecular weight is 225 g/mol. The molecular formula is C11H19N3O2. The van der Waals surface area contributed by atoms with E-state index in [2.05, 4.69) is 16.0 Å². The summed E-state index contributed by atoms with van der Waals surface area (Å²) >= 11 is 0. The Labute approximate surface area is 95.3 Å². The van der Waals surface area contributed by atoms with E-state index in [1.54, 1.807) is 0 Å². The number of hydrogen-bond acceptors (Lipinski definition) is 3. The van der Waals surface area contributed by atoms with Crippen LogP contribution in [0.5, 0.6) is 0 Å². The first-order valence-electron chi connectivity index (χ1n) is 5.98. The molecule has 1 aliphatic heterocycles. The van der Waals surface area contributed by atoms with E-state index in [4.69, 9.17) is 0 Å². The maximum Gasteiger partial charge on any atom is 0.237 e. The lowest BCUT2D eigenvalue weighted by Crippen LogP contribution is -2.47. The highest BCUT2D eigenvalue weighted by atomic mass is 16.2. The Balaban J connectivity index is 1.64. The largest absolute Gasteiger partial charge is 0.352 e. The van der Waals surface area contributed by atoms with E-state index in [9.17, 15) is 9.59 Å². The average Bonchev–Trinajstić information content (AvgIpc) is 2.96. The van der Waals surface area contributed by atoms with Crippen LogP contribution in [0, 0.1) is 0 Å². The lowest BCUT2D eigenvalue weighted by molar-refractivity contribution is -0.122. The van der Waals surface area contributed by atoms with Gasteiger partial charge in [0.15, 0.2) is 0 Å². The van der Waals surface area contributed by atoms with Crippen LogP contribution in [0.2, 0.25) is 0 Å². The molecule has 90 valence electrons. The van der Waals surface area contributed by atoms with Gasteiger partial charge in [-0.3, -0.25) is 9.59 Å². The summed E-state index contributed by atoms with van der Waals surface area (Å²) in [5, 5.41) is 8.97. The van der Waals surface area contributed by atoms with Crippen molar-refractivity contribution in [2.45, 2.75) is 50.7 Å². The Bertz CT molecular complexity index is 289. The third-order valence-corrected chi connectivity index (χ3v) is 3.07. The van der Waals surface area contributed by atoms with E-state index in [0.717, 1.165) is 19.3 Å². The minimum absolute atomic E-state index is 0.0619. The summed E-state index contributed by atoms with van der Waals surface area (Å²) in [6.45, 7) is 2.53. The van der Waals surface area contributed by atoms with Crippen molar-refractivity contribution in [3.05, 3.63) is 0 Å². The summed E-state index contributed by atoms with van der Waals surface area (Å²) in [7, 11) is 0. The van der Waals surface area contributed by atoms with Gasteiger partial charge in [0.25, 0.3) is 0 Å². The molecule has 1 saturated heterocycles. The van der Waals surface area contributed by atoms with Gasteiger partial charge in [-0.1, -0.05) is 0 Å². The highest BCUT2D eigenvalue weighted by Crippen LogP contribution is 2.18. The first kappa shape index (κ1) is 11.4. The van der Waals surface area contributed by atoms with Gasteiger partial charge in [0.1, 0.15) is 0 Å². The van der Waals surface area contributed by atoms with Crippen LogP contribution in [0.1, 0.15) is 32.6 Å². The molecule has 0 aromatic heterocycles. The first-order valence-corrected chi connectivity index (χ1v) is 5.98. The second-order valence-corrected chi connectivity index (χ2v) is 4.72. The third-order valence-electron chi connectivity index (χ3n) is 3.07. The van der Waals surface area contributed by atoms with Crippen molar-refractivity contribution in [1.82, 2.24) is 16.0 Å². The van der Waals surface area contributed by atoms with E-state index in [0.29, 0.717) is 19.0 Å². The van der Waals surface area contributed by atoms with Gasteiger partial charge >= 0.3 is 0 Å². The molecule has 5 heteroatoms. The SMILES string of the molecule is CC(NCC1CCC(=O)N1)C(=O)NC1CC1. The summed E-state index contributed by atoms with van der Waals surface area (Å²) in [6.07, 6.45) is 3.69. The molecule has 0 radical (unpaired) electrons. The zero-order valence-corrected chi connectivity index (χ0v) is 9.58. The van der Waals surface area contributed by atoms with E-state index in [1.807, 2.05) is 6.92 Å². The summed E-state index contributed by atoms with van der Waals surface area (Å²) in [6, 6.07) is 0.407. The summed E-state index contributed by atoms with van der Waals surface area (Å²) in [5.41, 5.74) is 0. The molecule has 2 atom stereocenters. The highest BCUT2D eigenvalue weighted by Gasteiger charge is 2.26. The number of rotatable bonds is 5. The van der Waals surface area contributed by atoms with Gasteiger partial charge in [-0.15, -0.1) is 0 Å². The number of amides is 2. The van der Waals surface area contributed by atoms with Crippen LogP contribution in [0.15, 0.2) is 0 Å². The molecule has 0 bridgehead atoms. The van der Waals surface area contributed by atoms with Crippen molar-refractivity contribution in [2.24, 2.45) is 0 Å². The van der Waals surface area contributed by atoms with Crippen LogP contribution in [-0.2, 0) is 9.59 Å². The fourth-order valence-corrected chi connectivity index (χ4v) is 1.80. The minimum atomic E-state index is -0.182. The second kappa shape index (κ2) is 4.82. The lowest BCUT2D eigenvalue weighted by atomic mass is 10.2. The Kier molecular flexibility index (Phi) is 3.43. The molecule has 0 aromatic carbocycles. The quantitative estimate of drug-likeness (QED) is 0.592. The van der Waals surface area contributed by atoms with Gasteiger partial charge in [-0.25, -0.2) is 0 Å². The van der Waals surface area contributed by atoms with Gasteiger partial charge in [-0.05, 0) is 26.2 Å². The van der Waals surface area contributed by atoms with Crippen LogP contribution in [0.4, 0.5) is 0 Å². The standard InChI is InChI=1S/C11H19N3O2/c1-7(11(16)14-8-2-3-8)12-6-9-4-5-10(15)13-9/h7-9,12H,2-6H2,1H3,(H,13,15)(H,14,16). The number of nitrogens with one attached hydrogen (secondary N) is 3. The van der Waals surface area contributed by atoms with Crippen LogP contribution < -0.4 is 16.0 Å². The van der Waals surface area contributed by atoms with Crippen LogP contribution in [0.25, 0.3) is 0 Å². The van der Waals surface area contributed by atoms with Crippen molar-refractivity contribution in [3.63, 3.8) is 0 Å². The van der Waals surface area contributed by atoms with Crippen LogP contribution in [-0.4, -0.2) is 36.5 Å². The molecule has 1 heterocycles. The fourth-order valence-electron chi connectivity index (χ4n) is 1.80. The van der Waals surface area contributed by atoms with Crippen molar-refractivity contribution >= 4 is 11.8 Å². The van der Waals surface area contributed by atoms with E-state index >= 15 is 0 Å². The maximum atomic E-state index is 11.6. The summed E-state index contributed by atoms with van der Waals surface area (Å²) in [4.78, 5) is 22.6. The topological polar surface area (TPSA) is 70.2 Å².